The first-order valence-electron chi connectivity index (χ1n) is 10.6. The molecular weight excluding hydrogens is 428 g/mol. The van der Waals surface area contributed by atoms with E-state index in [2.05, 4.69) is 10.3 Å². The SMILES string of the molecule is CC(C)(C)c1[nH]c2ccc(NC(=O)C3(c4ccc5c(c4)OCO5)CC3)cc2c1S(C)(=O)=O.[HH]. The molecule has 0 radical (unpaired) electrons. The maximum absolute atomic E-state index is 13.3. The average molecular weight is 457 g/mol. The molecule has 7 nitrogen and oxygen atoms in total. The molecule has 1 aromatic heterocycles. The van der Waals surface area contributed by atoms with Crippen LogP contribution in [-0.4, -0.2) is 32.4 Å². The zero-order valence-electron chi connectivity index (χ0n) is 18.5. The summed E-state index contributed by atoms with van der Waals surface area (Å²) in [6.45, 7) is 6.10. The number of anilines is 1. The van der Waals surface area contributed by atoms with E-state index in [1.165, 1.54) is 6.26 Å². The van der Waals surface area contributed by atoms with Gasteiger partial charge in [-0.3, -0.25) is 4.79 Å². The second-order valence-corrected chi connectivity index (χ2v) is 11.7. The van der Waals surface area contributed by atoms with Gasteiger partial charge >= 0.3 is 0 Å². The summed E-state index contributed by atoms with van der Waals surface area (Å²) in [4.78, 5) is 16.8. The number of amides is 1. The summed E-state index contributed by atoms with van der Waals surface area (Å²) in [7, 11) is -3.48. The minimum absolute atomic E-state index is 0. The fourth-order valence-electron chi connectivity index (χ4n) is 4.37. The van der Waals surface area contributed by atoms with Gasteiger partial charge in [0.15, 0.2) is 21.3 Å². The molecule has 170 valence electrons. The van der Waals surface area contributed by atoms with Crippen LogP contribution in [0.25, 0.3) is 10.9 Å². The van der Waals surface area contributed by atoms with E-state index in [0.717, 1.165) is 23.9 Å². The summed E-state index contributed by atoms with van der Waals surface area (Å²) < 4.78 is 36.1. The fraction of sp³-hybridized carbons (Fsp3) is 0.375. The zero-order valence-corrected chi connectivity index (χ0v) is 19.4. The number of hydrogen-bond donors (Lipinski definition) is 2. The highest BCUT2D eigenvalue weighted by Crippen LogP contribution is 2.51. The van der Waals surface area contributed by atoms with Gasteiger partial charge in [-0.1, -0.05) is 26.8 Å². The van der Waals surface area contributed by atoms with Crippen LogP contribution in [0, 0.1) is 0 Å². The molecule has 2 aliphatic rings. The predicted molar refractivity (Wildman–Crippen MR) is 124 cm³/mol. The number of fused-ring (bicyclic) bond motifs is 2. The minimum atomic E-state index is -3.48. The van der Waals surface area contributed by atoms with Crippen molar-refractivity contribution >= 4 is 32.3 Å². The van der Waals surface area contributed by atoms with Gasteiger partial charge in [0.1, 0.15) is 0 Å². The van der Waals surface area contributed by atoms with Crippen molar-refractivity contribution in [2.24, 2.45) is 0 Å². The number of sulfone groups is 1. The Bertz CT molecular complexity index is 1370. The van der Waals surface area contributed by atoms with Crippen molar-refractivity contribution < 1.29 is 24.1 Å². The lowest BCUT2D eigenvalue weighted by atomic mass is 9.92. The lowest BCUT2D eigenvalue weighted by Crippen LogP contribution is -2.27. The number of aromatic nitrogens is 1. The molecule has 5 rings (SSSR count). The second-order valence-electron chi connectivity index (χ2n) is 9.72. The maximum Gasteiger partial charge on any atom is 0.235 e. The number of carbonyl (C=O) groups excluding carboxylic acids is 1. The number of aromatic amines is 1. The van der Waals surface area contributed by atoms with Gasteiger partial charge in [0.25, 0.3) is 0 Å². The molecule has 1 aliphatic carbocycles. The second kappa shape index (κ2) is 6.75. The average Bonchev–Trinajstić information content (AvgIpc) is 3.21. The largest absolute Gasteiger partial charge is 0.454 e. The van der Waals surface area contributed by atoms with Crippen molar-refractivity contribution in [3.8, 4) is 11.5 Å². The molecule has 0 saturated heterocycles. The minimum Gasteiger partial charge on any atom is -0.454 e. The van der Waals surface area contributed by atoms with Gasteiger partial charge in [0, 0.05) is 35.4 Å². The van der Waals surface area contributed by atoms with Crippen LogP contribution in [0.1, 0.15) is 46.3 Å². The van der Waals surface area contributed by atoms with E-state index in [4.69, 9.17) is 9.47 Å². The van der Waals surface area contributed by atoms with Crippen molar-refractivity contribution in [3.05, 3.63) is 47.7 Å². The highest BCUT2D eigenvalue weighted by molar-refractivity contribution is 7.91. The molecule has 1 fully saturated rings. The molecule has 0 spiro atoms. The molecule has 2 N–H and O–H groups in total. The number of benzene rings is 2. The van der Waals surface area contributed by atoms with Gasteiger partial charge in [-0.15, -0.1) is 0 Å². The van der Waals surface area contributed by atoms with E-state index in [1.807, 2.05) is 45.0 Å². The quantitative estimate of drug-likeness (QED) is 0.602. The van der Waals surface area contributed by atoms with Crippen molar-refractivity contribution in [1.29, 1.82) is 0 Å². The van der Waals surface area contributed by atoms with Crippen LogP contribution in [0.5, 0.6) is 11.5 Å². The topological polar surface area (TPSA) is 97.5 Å². The van der Waals surface area contributed by atoms with Crippen LogP contribution in [0.2, 0.25) is 0 Å². The summed E-state index contributed by atoms with van der Waals surface area (Å²) in [6.07, 6.45) is 2.70. The number of hydrogen-bond acceptors (Lipinski definition) is 5. The molecule has 0 unspecified atom stereocenters. The van der Waals surface area contributed by atoms with E-state index in [0.29, 0.717) is 28.3 Å². The van der Waals surface area contributed by atoms with Crippen LogP contribution >= 0.6 is 0 Å². The molecular formula is C24H28N2O5S. The van der Waals surface area contributed by atoms with Gasteiger partial charge in [0.05, 0.1) is 10.3 Å². The third kappa shape index (κ3) is 3.33. The molecule has 0 atom stereocenters. The maximum atomic E-state index is 13.3. The molecule has 1 saturated carbocycles. The van der Waals surface area contributed by atoms with Crippen LogP contribution in [0.4, 0.5) is 5.69 Å². The van der Waals surface area contributed by atoms with Gasteiger partial charge in [-0.05, 0) is 48.7 Å². The lowest BCUT2D eigenvalue weighted by Gasteiger charge is -2.18. The third-order valence-corrected chi connectivity index (χ3v) is 7.41. The Morgan fingerprint density at radius 1 is 1.09 bits per heavy atom. The van der Waals surface area contributed by atoms with E-state index in [-0.39, 0.29) is 24.4 Å². The van der Waals surface area contributed by atoms with E-state index < -0.39 is 15.3 Å². The Morgan fingerprint density at radius 3 is 2.47 bits per heavy atom. The number of H-pyrrole nitrogens is 1. The highest BCUT2D eigenvalue weighted by atomic mass is 32.2. The molecule has 32 heavy (non-hydrogen) atoms. The zero-order chi connectivity index (χ0) is 22.9. The summed E-state index contributed by atoms with van der Waals surface area (Å²) in [5.74, 6) is 1.23. The Hall–Kier alpha value is -3.00. The number of ether oxygens (including phenoxy) is 2. The summed E-state index contributed by atoms with van der Waals surface area (Å²) in [5, 5.41) is 3.60. The van der Waals surface area contributed by atoms with Gasteiger partial charge < -0.3 is 19.8 Å². The number of carbonyl (C=O) groups is 1. The molecule has 2 aromatic carbocycles. The monoisotopic (exact) mass is 456 g/mol. The van der Waals surface area contributed by atoms with Crippen LogP contribution < -0.4 is 14.8 Å². The Labute approximate surface area is 188 Å². The van der Waals surface area contributed by atoms with Crippen LogP contribution in [0.15, 0.2) is 41.3 Å². The summed E-state index contributed by atoms with van der Waals surface area (Å²) in [6, 6.07) is 11.0. The van der Waals surface area contributed by atoms with Crippen molar-refractivity contribution in [1.82, 2.24) is 4.98 Å². The van der Waals surface area contributed by atoms with Crippen molar-refractivity contribution in [2.45, 2.75) is 49.3 Å². The highest BCUT2D eigenvalue weighted by Gasteiger charge is 2.51. The van der Waals surface area contributed by atoms with Crippen LogP contribution in [0.3, 0.4) is 0 Å². The molecule has 1 aliphatic heterocycles. The molecule has 1 amide bonds. The van der Waals surface area contributed by atoms with Gasteiger partial charge in [0.2, 0.25) is 12.7 Å². The van der Waals surface area contributed by atoms with E-state index >= 15 is 0 Å². The normalized spacial score (nSPS) is 16.9. The fourth-order valence-corrected chi connectivity index (χ4v) is 5.67. The smallest absolute Gasteiger partial charge is 0.235 e. The Morgan fingerprint density at radius 2 is 1.81 bits per heavy atom. The van der Waals surface area contributed by atoms with Crippen molar-refractivity contribution in [3.63, 3.8) is 0 Å². The molecule has 8 heteroatoms. The summed E-state index contributed by atoms with van der Waals surface area (Å²) in [5.41, 5.74) is 1.87. The predicted octanol–water partition coefficient (Wildman–Crippen LogP) is 4.51. The van der Waals surface area contributed by atoms with Crippen molar-refractivity contribution in [2.75, 3.05) is 18.4 Å². The summed E-state index contributed by atoms with van der Waals surface area (Å²) >= 11 is 0. The van der Waals surface area contributed by atoms with E-state index in [1.54, 1.807) is 12.1 Å². The molecule has 2 heterocycles. The number of rotatable bonds is 4. The third-order valence-electron chi connectivity index (χ3n) is 6.24. The first-order chi connectivity index (χ1) is 15.0. The molecule has 0 bridgehead atoms. The van der Waals surface area contributed by atoms with Gasteiger partial charge in [-0.25, -0.2) is 8.42 Å². The number of nitrogens with one attached hydrogen (secondary N) is 2. The Kier molecular flexibility index (Phi) is 4.40. The van der Waals surface area contributed by atoms with Gasteiger partial charge in [-0.2, -0.15) is 0 Å². The standard InChI is InChI=1S/C24H26N2O5S.H2/c1-23(2,3)21-20(32(4,28)29)16-12-15(6-7-17(16)26-21)25-22(27)24(9-10-24)14-5-8-18-19(11-14)31-13-30-18;/h5-8,11-12,26H,9-10,13H2,1-4H3,(H,25,27);1H. The lowest BCUT2D eigenvalue weighted by molar-refractivity contribution is -0.118. The Balaban J connectivity index is 0.00000259. The molecule has 3 aromatic rings. The first-order valence-corrected chi connectivity index (χ1v) is 12.5. The van der Waals surface area contributed by atoms with E-state index in [9.17, 15) is 13.2 Å². The first kappa shape index (κ1) is 20.9. The van der Waals surface area contributed by atoms with Crippen LogP contribution in [-0.2, 0) is 25.5 Å².